The molecule has 0 atom stereocenters. The van der Waals surface area contributed by atoms with Crippen molar-refractivity contribution in [3.05, 3.63) is 90.4 Å². The van der Waals surface area contributed by atoms with E-state index in [1.54, 1.807) is 36.4 Å². The predicted molar refractivity (Wildman–Crippen MR) is 119 cm³/mol. The molecule has 1 aliphatic rings. The number of rotatable bonds is 6. The van der Waals surface area contributed by atoms with Crippen molar-refractivity contribution in [2.75, 3.05) is 23.4 Å². The number of carbonyl (C=O) groups is 2. The van der Waals surface area contributed by atoms with Gasteiger partial charge in [-0.15, -0.1) is 0 Å². The zero-order valence-electron chi connectivity index (χ0n) is 17.1. The fraction of sp³-hybridized carbons (Fsp3) is 0.125. The number of hydrogen-bond donors (Lipinski definition) is 1. The van der Waals surface area contributed by atoms with Crippen molar-refractivity contribution in [1.82, 2.24) is 9.38 Å². The normalized spacial score (nSPS) is 13.2. The highest BCUT2D eigenvalue weighted by Crippen LogP contribution is 2.22. The van der Waals surface area contributed by atoms with Gasteiger partial charge in [-0.1, -0.05) is 12.1 Å². The van der Waals surface area contributed by atoms with E-state index in [0.29, 0.717) is 42.4 Å². The summed E-state index contributed by atoms with van der Waals surface area (Å²) in [5.41, 5.74) is 3.48. The van der Waals surface area contributed by atoms with Gasteiger partial charge in [-0.05, 0) is 48.5 Å². The zero-order valence-corrected chi connectivity index (χ0v) is 17.1. The second-order valence-electron chi connectivity index (χ2n) is 7.28. The first-order valence-corrected chi connectivity index (χ1v) is 10.2. The Bertz CT molecular complexity index is 1250. The number of hydrogen-bond acceptors (Lipinski definition) is 5. The molecule has 4 aromatic rings. The van der Waals surface area contributed by atoms with Gasteiger partial charge in [-0.25, -0.2) is 9.78 Å². The number of nitrogens with one attached hydrogen (secondary N) is 1. The van der Waals surface area contributed by atoms with Crippen molar-refractivity contribution in [3.63, 3.8) is 0 Å². The molecule has 3 heterocycles. The van der Waals surface area contributed by atoms with Gasteiger partial charge in [-0.2, -0.15) is 0 Å². The van der Waals surface area contributed by atoms with Crippen LogP contribution in [0.15, 0.2) is 79.1 Å². The third kappa shape index (κ3) is 4.11. The molecule has 8 heteroatoms. The average molecular weight is 428 g/mol. The monoisotopic (exact) mass is 428 g/mol. The molecule has 2 aromatic heterocycles. The Labute approximate surface area is 184 Å². The SMILES string of the molecule is O=C(Nc1cccc(OCc2cn3ccccc3n2)c1)c1ccc(N2CCOC2=O)cc1. The lowest BCUT2D eigenvalue weighted by Gasteiger charge is -2.13. The van der Waals surface area contributed by atoms with E-state index in [9.17, 15) is 9.59 Å². The fourth-order valence-corrected chi connectivity index (χ4v) is 3.50. The van der Waals surface area contributed by atoms with Gasteiger partial charge in [0, 0.05) is 35.4 Å². The van der Waals surface area contributed by atoms with E-state index in [1.165, 1.54) is 4.90 Å². The molecule has 8 nitrogen and oxygen atoms in total. The minimum Gasteiger partial charge on any atom is -0.487 e. The third-order valence-electron chi connectivity index (χ3n) is 5.09. The van der Waals surface area contributed by atoms with Crippen LogP contribution < -0.4 is 15.0 Å². The summed E-state index contributed by atoms with van der Waals surface area (Å²) in [6.07, 6.45) is 3.49. The second-order valence-corrected chi connectivity index (χ2v) is 7.28. The number of imidazole rings is 1. The maximum absolute atomic E-state index is 12.6. The molecule has 1 saturated heterocycles. The first-order chi connectivity index (χ1) is 15.7. The minimum absolute atomic E-state index is 0.252. The van der Waals surface area contributed by atoms with E-state index < -0.39 is 0 Å². The summed E-state index contributed by atoms with van der Waals surface area (Å²) in [5, 5.41) is 2.87. The van der Waals surface area contributed by atoms with Gasteiger partial charge in [-0.3, -0.25) is 9.69 Å². The summed E-state index contributed by atoms with van der Waals surface area (Å²) in [7, 11) is 0. The van der Waals surface area contributed by atoms with Crippen LogP contribution in [0, 0.1) is 0 Å². The Morgan fingerprint density at radius 2 is 1.97 bits per heavy atom. The highest BCUT2D eigenvalue weighted by atomic mass is 16.6. The molecule has 0 radical (unpaired) electrons. The van der Waals surface area contributed by atoms with Crippen LogP contribution >= 0.6 is 0 Å². The Kier molecular flexibility index (Phi) is 5.17. The number of pyridine rings is 1. The van der Waals surface area contributed by atoms with Crippen LogP contribution in [-0.2, 0) is 11.3 Å². The van der Waals surface area contributed by atoms with Crippen LogP contribution in [0.2, 0.25) is 0 Å². The highest BCUT2D eigenvalue weighted by Gasteiger charge is 2.23. The number of amides is 2. The van der Waals surface area contributed by atoms with Gasteiger partial charge in [0.2, 0.25) is 0 Å². The van der Waals surface area contributed by atoms with Crippen LogP contribution in [-0.4, -0.2) is 34.5 Å². The van der Waals surface area contributed by atoms with Crippen LogP contribution in [0.3, 0.4) is 0 Å². The molecule has 2 aromatic carbocycles. The smallest absolute Gasteiger partial charge is 0.414 e. The summed E-state index contributed by atoms with van der Waals surface area (Å²) in [5.74, 6) is 0.376. The van der Waals surface area contributed by atoms with Crippen molar-refractivity contribution in [2.45, 2.75) is 6.61 Å². The van der Waals surface area contributed by atoms with Crippen LogP contribution in [0.5, 0.6) is 5.75 Å². The predicted octanol–water partition coefficient (Wildman–Crippen LogP) is 4.12. The molecule has 1 fully saturated rings. The fourth-order valence-electron chi connectivity index (χ4n) is 3.50. The van der Waals surface area contributed by atoms with Gasteiger partial charge in [0.15, 0.2) is 0 Å². The third-order valence-corrected chi connectivity index (χ3v) is 5.09. The number of anilines is 2. The second kappa shape index (κ2) is 8.43. The first-order valence-electron chi connectivity index (χ1n) is 10.2. The first kappa shape index (κ1) is 19.6. The number of fused-ring (bicyclic) bond motifs is 1. The summed E-state index contributed by atoms with van der Waals surface area (Å²) < 4.78 is 12.7. The molecule has 32 heavy (non-hydrogen) atoms. The lowest BCUT2D eigenvalue weighted by molar-refractivity contribution is 0.102. The summed E-state index contributed by atoms with van der Waals surface area (Å²) in [6, 6.07) is 19.8. The molecular weight excluding hydrogens is 408 g/mol. The number of cyclic esters (lactones) is 1. The molecule has 1 aliphatic heterocycles. The van der Waals surface area contributed by atoms with Gasteiger partial charge in [0.25, 0.3) is 5.91 Å². The number of carbonyl (C=O) groups excluding carboxylic acids is 2. The molecule has 1 N–H and O–H groups in total. The summed E-state index contributed by atoms with van der Waals surface area (Å²) in [4.78, 5) is 30.3. The standard InChI is InChI=1S/C24H20N4O4/c29-23(17-7-9-20(10-8-17)28-12-13-31-24(28)30)26-18-4-3-5-21(14-18)32-16-19-15-27-11-2-1-6-22(27)25-19/h1-11,14-15H,12-13,16H2,(H,26,29). The lowest BCUT2D eigenvalue weighted by Crippen LogP contribution is -2.23. The van der Waals surface area contributed by atoms with E-state index >= 15 is 0 Å². The largest absolute Gasteiger partial charge is 0.487 e. The van der Waals surface area contributed by atoms with Crippen molar-refractivity contribution >= 4 is 29.0 Å². The minimum atomic E-state index is -0.373. The number of benzene rings is 2. The molecular formula is C24H20N4O4. The Morgan fingerprint density at radius 1 is 1.09 bits per heavy atom. The molecule has 5 rings (SSSR count). The van der Waals surface area contributed by atoms with Crippen molar-refractivity contribution < 1.29 is 19.1 Å². The number of ether oxygens (including phenoxy) is 2. The summed E-state index contributed by atoms with van der Waals surface area (Å²) >= 11 is 0. The molecule has 0 spiro atoms. The van der Waals surface area contributed by atoms with E-state index in [-0.39, 0.29) is 12.0 Å². The average Bonchev–Trinajstić information content (AvgIpc) is 3.43. The van der Waals surface area contributed by atoms with E-state index in [4.69, 9.17) is 9.47 Å². The highest BCUT2D eigenvalue weighted by molar-refractivity contribution is 6.04. The number of aromatic nitrogens is 2. The van der Waals surface area contributed by atoms with E-state index in [0.717, 1.165) is 11.3 Å². The Morgan fingerprint density at radius 3 is 2.75 bits per heavy atom. The van der Waals surface area contributed by atoms with E-state index in [1.807, 2.05) is 47.1 Å². The Balaban J connectivity index is 1.22. The zero-order chi connectivity index (χ0) is 21.9. The van der Waals surface area contributed by atoms with Crippen LogP contribution in [0.1, 0.15) is 16.1 Å². The molecule has 0 bridgehead atoms. The quantitative estimate of drug-likeness (QED) is 0.499. The summed E-state index contributed by atoms with van der Waals surface area (Å²) in [6.45, 7) is 1.20. The molecule has 0 saturated carbocycles. The van der Waals surface area contributed by atoms with Crippen molar-refractivity contribution in [3.8, 4) is 5.75 Å². The van der Waals surface area contributed by atoms with Gasteiger partial charge >= 0.3 is 6.09 Å². The maximum Gasteiger partial charge on any atom is 0.414 e. The van der Waals surface area contributed by atoms with Crippen molar-refractivity contribution in [1.29, 1.82) is 0 Å². The Hall–Kier alpha value is -4.33. The molecule has 160 valence electrons. The molecule has 2 amide bonds. The number of nitrogens with zero attached hydrogens (tertiary/aromatic N) is 3. The van der Waals surface area contributed by atoms with Gasteiger partial charge < -0.3 is 19.2 Å². The maximum atomic E-state index is 12.6. The van der Waals surface area contributed by atoms with Crippen LogP contribution in [0.25, 0.3) is 5.65 Å². The van der Waals surface area contributed by atoms with Gasteiger partial charge in [0.05, 0.1) is 12.2 Å². The van der Waals surface area contributed by atoms with E-state index in [2.05, 4.69) is 10.3 Å². The van der Waals surface area contributed by atoms with Crippen LogP contribution in [0.4, 0.5) is 16.2 Å². The van der Waals surface area contributed by atoms with Gasteiger partial charge in [0.1, 0.15) is 24.6 Å². The molecule has 0 aliphatic carbocycles. The topological polar surface area (TPSA) is 85.2 Å². The molecule has 0 unspecified atom stereocenters. The van der Waals surface area contributed by atoms with Crippen molar-refractivity contribution in [2.24, 2.45) is 0 Å². The lowest BCUT2D eigenvalue weighted by atomic mass is 10.1.